The number of nitrogens with zero attached hydrogens (tertiary/aromatic N) is 1. The summed E-state index contributed by atoms with van der Waals surface area (Å²) in [5, 5.41) is 8.60. The molecule has 0 unspecified atom stereocenters. The van der Waals surface area contributed by atoms with Gasteiger partial charge in [-0.1, -0.05) is 6.07 Å². The summed E-state index contributed by atoms with van der Waals surface area (Å²) in [6, 6.07) is 7.31. The molecule has 2 rings (SSSR count). The average Bonchev–Trinajstić information content (AvgIpc) is 2.44. The fourth-order valence-electron chi connectivity index (χ4n) is 1.60. The Morgan fingerprint density at radius 3 is 2.76 bits per heavy atom. The Morgan fingerprint density at radius 1 is 1.29 bits per heavy atom. The van der Waals surface area contributed by atoms with E-state index in [2.05, 4.69) is 36.8 Å². The minimum absolute atomic E-state index is 0.398. The lowest BCUT2D eigenvalue weighted by Gasteiger charge is -2.09. The maximum Gasteiger partial charge on any atom is 0.328 e. The second-order valence-electron chi connectivity index (χ2n) is 4.16. The second kappa shape index (κ2) is 7.38. The molecule has 1 aromatic carbocycles. The van der Waals surface area contributed by atoms with Gasteiger partial charge >= 0.3 is 5.97 Å². The lowest BCUT2D eigenvalue weighted by atomic mass is 10.2. The lowest BCUT2D eigenvalue weighted by Crippen LogP contribution is -1.97. The van der Waals surface area contributed by atoms with Crippen LogP contribution in [0.15, 0.2) is 51.7 Å². The van der Waals surface area contributed by atoms with E-state index >= 15 is 0 Å². The third kappa shape index (κ3) is 4.99. The number of hydrogen-bond donors (Lipinski definition) is 1. The molecule has 0 atom stereocenters. The van der Waals surface area contributed by atoms with Gasteiger partial charge in [0.25, 0.3) is 0 Å². The van der Waals surface area contributed by atoms with E-state index in [0.29, 0.717) is 12.4 Å². The van der Waals surface area contributed by atoms with Crippen molar-refractivity contribution in [1.82, 2.24) is 4.98 Å². The van der Waals surface area contributed by atoms with Gasteiger partial charge in [-0.3, -0.25) is 4.98 Å². The highest BCUT2D eigenvalue weighted by Gasteiger charge is 2.03. The highest BCUT2D eigenvalue weighted by atomic mass is 79.9. The van der Waals surface area contributed by atoms with E-state index in [0.717, 1.165) is 26.1 Å². The first kappa shape index (κ1) is 15.7. The van der Waals surface area contributed by atoms with Crippen molar-refractivity contribution < 1.29 is 14.6 Å². The molecular weight excluding hydrogens is 402 g/mol. The van der Waals surface area contributed by atoms with Crippen molar-refractivity contribution in [3.8, 4) is 5.75 Å². The van der Waals surface area contributed by atoms with Crippen LogP contribution in [0, 0.1) is 0 Å². The maximum atomic E-state index is 10.5. The summed E-state index contributed by atoms with van der Waals surface area (Å²) >= 11 is 6.77. The number of rotatable bonds is 5. The van der Waals surface area contributed by atoms with Crippen molar-refractivity contribution >= 4 is 43.9 Å². The van der Waals surface area contributed by atoms with Gasteiger partial charge in [-0.25, -0.2) is 4.79 Å². The van der Waals surface area contributed by atoms with Gasteiger partial charge in [-0.15, -0.1) is 0 Å². The smallest absolute Gasteiger partial charge is 0.328 e. The summed E-state index contributed by atoms with van der Waals surface area (Å²) in [6.45, 7) is 0.398. The van der Waals surface area contributed by atoms with Crippen molar-refractivity contribution in [2.45, 2.75) is 6.61 Å². The molecule has 4 nitrogen and oxygen atoms in total. The minimum Gasteiger partial charge on any atom is -0.488 e. The zero-order valence-electron chi connectivity index (χ0n) is 10.8. The first-order valence-corrected chi connectivity index (χ1v) is 7.56. The van der Waals surface area contributed by atoms with Crippen LogP contribution in [0.3, 0.4) is 0 Å². The summed E-state index contributed by atoms with van der Waals surface area (Å²) in [4.78, 5) is 14.5. The second-order valence-corrected chi connectivity index (χ2v) is 5.93. The summed E-state index contributed by atoms with van der Waals surface area (Å²) in [5.41, 5.74) is 1.73. The van der Waals surface area contributed by atoms with Crippen molar-refractivity contribution in [3.63, 3.8) is 0 Å². The fraction of sp³-hybridized carbons (Fsp3) is 0.0667. The first-order valence-electron chi connectivity index (χ1n) is 5.97. The monoisotopic (exact) mass is 411 g/mol. The van der Waals surface area contributed by atoms with Gasteiger partial charge in [-0.05, 0) is 61.7 Å². The van der Waals surface area contributed by atoms with Crippen LogP contribution in [0.1, 0.15) is 11.1 Å². The van der Waals surface area contributed by atoms with Gasteiger partial charge < -0.3 is 9.84 Å². The quantitative estimate of drug-likeness (QED) is 0.744. The van der Waals surface area contributed by atoms with Gasteiger partial charge in [0.2, 0.25) is 0 Å². The number of carbonyl (C=O) groups is 1. The van der Waals surface area contributed by atoms with Gasteiger partial charge in [0.1, 0.15) is 12.4 Å². The Balaban J connectivity index is 2.06. The van der Waals surface area contributed by atoms with Crippen molar-refractivity contribution in [1.29, 1.82) is 0 Å². The predicted molar refractivity (Wildman–Crippen MR) is 87.1 cm³/mol. The molecule has 0 aliphatic carbocycles. The molecule has 0 saturated heterocycles. The number of aliphatic carboxylic acids is 1. The normalized spacial score (nSPS) is 10.8. The number of benzene rings is 1. The lowest BCUT2D eigenvalue weighted by molar-refractivity contribution is -0.131. The molecule has 108 valence electrons. The SMILES string of the molecule is O=C(O)/C=C/c1ccc(OCc2cncc(Br)c2)c(Br)c1. The number of pyridine rings is 1. The molecule has 0 fully saturated rings. The fourth-order valence-corrected chi connectivity index (χ4v) is 2.52. The van der Waals surface area contributed by atoms with Gasteiger partial charge in [0.15, 0.2) is 0 Å². The maximum absolute atomic E-state index is 10.5. The Hall–Kier alpha value is -1.66. The van der Waals surface area contributed by atoms with Crippen LogP contribution in [-0.4, -0.2) is 16.1 Å². The van der Waals surface area contributed by atoms with E-state index in [1.165, 1.54) is 6.08 Å². The molecule has 0 bridgehead atoms. The standard InChI is InChI=1S/C15H11Br2NO3/c16-12-5-11(7-18-8-12)9-21-14-3-1-10(6-13(14)17)2-4-15(19)20/h1-8H,9H2,(H,19,20)/b4-2+. The van der Waals surface area contributed by atoms with Crippen LogP contribution in [0.25, 0.3) is 6.08 Å². The molecule has 0 radical (unpaired) electrons. The van der Waals surface area contributed by atoms with E-state index in [1.54, 1.807) is 30.6 Å². The van der Waals surface area contributed by atoms with Crippen LogP contribution in [0.5, 0.6) is 5.75 Å². The first-order chi connectivity index (χ1) is 10.0. The van der Waals surface area contributed by atoms with E-state index < -0.39 is 5.97 Å². The number of carboxylic acid groups (broad SMARTS) is 1. The molecule has 0 aliphatic heterocycles. The number of ether oxygens (including phenoxy) is 1. The van der Waals surface area contributed by atoms with E-state index in [1.807, 2.05) is 6.07 Å². The minimum atomic E-state index is -0.978. The average molecular weight is 413 g/mol. The van der Waals surface area contributed by atoms with Crippen LogP contribution < -0.4 is 4.74 Å². The zero-order chi connectivity index (χ0) is 15.2. The van der Waals surface area contributed by atoms with Crippen LogP contribution >= 0.6 is 31.9 Å². The van der Waals surface area contributed by atoms with Gasteiger partial charge in [0.05, 0.1) is 4.47 Å². The highest BCUT2D eigenvalue weighted by molar-refractivity contribution is 9.10. The molecule has 2 aromatic rings. The Bertz CT molecular complexity index is 686. The number of halogens is 2. The Kier molecular flexibility index (Phi) is 5.52. The molecule has 6 heteroatoms. The summed E-state index contributed by atoms with van der Waals surface area (Å²) in [5.74, 6) is -0.295. The molecular formula is C15H11Br2NO3. The molecule has 0 spiro atoms. The zero-order valence-corrected chi connectivity index (χ0v) is 14.0. The number of carboxylic acids is 1. The Labute approximate surface area is 138 Å². The van der Waals surface area contributed by atoms with Crippen molar-refractivity contribution in [2.24, 2.45) is 0 Å². The van der Waals surface area contributed by atoms with Gasteiger partial charge in [0, 0.05) is 28.5 Å². The molecule has 1 N–H and O–H groups in total. The highest BCUT2D eigenvalue weighted by Crippen LogP contribution is 2.27. The van der Waals surface area contributed by atoms with E-state index in [9.17, 15) is 4.79 Å². The van der Waals surface area contributed by atoms with Crippen LogP contribution in [0.2, 0.25) is 0 Å². The third-order valence-corrected chi connectivity index (χ3v) is 3.58. The summed E-state index contributed by atoms with van der Waals surface area (Å²) in [6.07, 6.45) is 6.07. The van der Waals surface area contributed by atoms with Crippen molar-refractivity contribution in [2.75, 3.05) is 0 Å². The summed E-state index contributed by atoms with van der Waals surface area (Å²) < 4.78 is 7.37. The molecule has 0 aliphatic rings. The Morgan fingerprint density at radius 2 is 2.10 bits per heavy atom. The molecule has 21 heavy (non-hydrogen) atoms. The number of aromatic nitrogens is 1. The molecule has 0 saturated carbocycles. The number of hydrogen-bond acceptors (Lipinski definition) is 3. The predicted octanol–water partition coefficient (Wildman–Crippen LogP) is 4.28. The van der Waals surface area contributed by atoms with E-state index in [-0.39, 0.29) is 0 Å². The van der Waals surface area contributed by atoms with Gasteiger partial charge in [-0.2, -0.15) is 0 Å². The van der Waals surface area contributed by atoms with Crippen molar-refractivity contribution in [3.05, 3.63) is 62.8 Å². The van der Waals surface area contributed by atoms with E-state index in [4.69, 9.17) is 9.84 Å². The molecule has 0 amide bonds. The van der Waals surface area contributed by atoms with Crippen LogP contribution in [-0.2, 0) is 11.4 Å². The topological polar surface area (TPSA) is 59.4 Å². The van der Waals surface area contributed by atoms with Crippen LogP contribution in [0.4, 0.5) is 0 Å². The largest absolute Gasteiger partial charge is 0.488 e. The summed E-state index contributed by atoms with van der Waals surface area (Å²) in [7, 11) is 0. The molecule has 1 aromatic heterocycles. The molecule has 1 heterocycles. The third-order valence-electron chi connectivity index (χ3n) is 2.53.